The maximum atomic E-state index is 4.50. The highest BCUT2D eigenvalue weighted by Crippen LogP contribution is 2.35. The van der Waals surface area contributed by atoms with Gasteiger partial charge in [0.1, 0.15) is 0 Å². The Kier molecular flexibility index (Phi) is 6.66. The van der Waals surface area contributed by atoms with Gasteiger partial charge >= 0.3 is 0 Å². The molecule has 2 unspecified atom stereocenters. The van der Waals surface area contributed by atoms with Crippen molar-refractivity contribution in [2.75, 3.05) is 5.75 Å². The highest BCUT2D eigenvalue weighted by atomic mass is 32.1. The van der Waals surface area contributed by atoms with Crippen LogP contribution in [0.15, 0.2) is 11.6 Å². The minimum absolute atomic E-state index is 0.381. The Morgan fingerprint density at radius 2 is 1.80 bits per heavy atom. The lowest BCUT2D eigenvalue weighted by Gasteiger charge is -2.34. The average Bonchev–Trinajstić information content (AvgIpc) is 2.01. The van der Waals surface area contributed by atoms with Crippen LogP contribution >= 0.6 is 12.6 Å². The Morgan fingerprint density at radius 3 is 2.13 bits per heavy atom. The summed E-state index contributed by atoms with van der Waals surface area (Å²) in [6.45, 7) is 13.7. The first-order valence-electron chi connectivity index (χ1n) is 6.03. The number of thiol groups is 1. The Hall–Kier alpha value is 0.0900. The maximum Gasteiger partial charge on any atom is -0.00620 e. The molecule has 0 amide bonds. The highest BCUT2D eigenvalue weighted by molar-refractivity contribution is 7.80. The molecule has 0 saturated carbocycles. The van der Waals surface area contributed by atoms with Crippen LogP contribution in [0.5, 0.6) is 0 Å². The average molecular weight is 228 g/mol. The molecule has 0 rings (SSSR count). The van der Waals surface area contributed by atoms with Crippen LogP contribution in [-0.2, 0) is 0 Å². The van der Waals surface area contributed by atoms with Gasteiger partial charge in [0.2, 0.25) is 0 Å². The molecule has 0 aromatic carbocycles. The summed E-state index contributed by atoms with van der Waals surface area (Å²) in [5.74, 6) is 2.48. The van der Waals surface area contributed by atoms with Crippen molar-refractivity contribution < 1.29 is 0 Å². The molecule has 0 aliphatic rings. The molecule has 0 N–H and O–H groups in total. The predicted octanol–water partition coefficient (Wildman–Crippen LogP) is 4.96. The topological polar surface area (TPSA) is 0 Å². The molecule has 0 nitrogen and oxygen atoms in total. The van der Waals surface area contributed by atoms with Crippen molar-refractivity contribution in [2.24, 2.45) is 17.3 Å². The fourth-order valence-corrected chi connectivity index (χ4v) is 3.05. The third-order valence-corrected chi connectivity index (χ3v) is 3.56. The fourth-order valence-electron chi connectivity index (χ4n) is 2.14. The molecular weight excluding hydrogens is 200 g/mol. The molecule has 2 atom stereocenters. The summed E-state index contributed by atoms with van der Waals surface area (Å²) in [6, 6.07) is 0. The molecule has 1 heteroatoms. The molecule has 0 aliphatic heterocycles. The second-order valence-electron chi connectivity index (χ2n) is 5.99. The molecular formula is C14H28S. The van der Waals surface area contributed by atoms with Gasteiger partial charge in [-0.25, -0.2) is 0 Å². The van der Waals surface area contributed by atoms with E-state index in [1.54, 1.807) is 0 Å². The van der Waals surface area contributed by atoms with E-state index in [1.165, 1.54) is 18.4 Å². The molecule has 15 heavy (non-hydrogen) atoms. The third-order valence-electron chi connectivity index (χ3n) is 3.17. The molecule has 0 spiro atoms. The first kappa shape index (κ1) is 15.1. The molecule has 0 bridgehead atoms. The number of rotatable bonds is 5. The van der Waals surface area contributed by atoms with E-state index in [0.717, 1.165) is 11.7 Å². The normalized spacial score (nSPS) is 15.9. The van der Waals surface area contributed by atoms with E-state index >= 15 is 0 Å². The van der Waals surface area contributed by atoms with Crippen LogP contribution in [0.4, 0.5) is 0 Å². The van der Waals surface area contributed by atoms with Gasteiger partial charge in [-0.3, -0.25) is 0 Å². The van der Waals surface area contributed by atoms with Crippen molar-refractivity contribution in [3.8, 4) is 0 Å². The second-order valence-corrected chi connectivity index (χ2v) is 6.36. The van der Waals surface area contributed by atoms with Gasteiger partial charge in [-0.2, -0.15) is 12.6 Å². The first-order valence-corrected chi connectivity index (χ1v) is 6.66. The summed E-state index contributed by atoms with van der Waals surface area (Å²) in [6.07, 6.45) is 4.84. The minimum atomic E-state index is 0.381. The zero-order valence-corrected chi connectivity index (χ0v) is 12.2. The Bertz CT molecular complexity index is 194. The van der Waals surface area contributed by atoms with Crippen LogP contribution in [0.3, 0.4) is 0 Å². The fraction of sp³-hybridized carbons (Fsp3) is 0.857. The highest BCUT2D eigenvalue weighted by Gasteiger charge is 2.27. The molecule has 0 saturated heterocycles. The Balaban J connectivity index is 4.17. The molecule has 0 aliphatic carbocycles. The summed E-state index contributed by atoms with van der Waals surface area (Å²) in [5.41, 5.74) is 1.81. The van der Waals surface area contributed by atoms with Crippen molar-refractivity contribution in [3.05, 3.63) is 11.6 Å². The maximum absolute atomic E-state index is 4.50. The van der Waals surface area contributed by atoms with Crippen LogP contribution in [0.1, 0.15) is 54.4 Å². The monoisotopic (exact) mass is 228 g/mol. The predicted molar refractivity (Wildman–Crippen MR) is 74.6 cm³/mol. The lowest BCUT2D eigenvalue weighted by Crippen LogP contribution is -2.28. The van der Waals surface area contributed by atoms with E-state index in [0.29, 0.717) is 11.3 Å². The Labute approximate surface area is 102 Å². The SMILES string of the molecule is CC(C)=CCCC(C)C(CS)C(C)(C)C. The van der Waals surface area contributed by atoms with E-state index in [4.69, 9.17) is 0 Å². The number of allylic oxidation sites excluding steroid dienone is 2. The van der Waals surface area contributed by atoms with Gasteiger partial charge in [0.15, 0.2) is 0 Å². The largest absolute Gasteiger partial charge is 0.179 e. The van der Waals surface area contributed by atoms with Crippen LogP contribution in [0.25, 0.3) is 0 Å². The van der Waals surface area contributed by atoms with Gasteiger partial charge in [0, 0.05) is 0 Å². The minimum Gasteiger partial charge on any atom is -0.179 e. The summed E-state index contributed by atoms with van der Waals surface area (Å²) in [4.78, 5) is 0. The van der Waals surface area contributed by atoms with Crippen LogP contribution in [-0.4, -0.2) is 5.75 Å². The van der Waals surface area contributed by atoms with Crippen molar-refractivity contribution in [2.45, 2.75) is 54.4 Å². The van der Waals surface area contributed by atoms with Crippen LogP contribution in [0.2, 0.25) is 0 Å². The lowest BCUT2D eigenvalue weighted by atomic mass is 9.73. The number of hydrogen-bond acceptors (Lipinski definition) is 1. The van der Waals surface area contributed by atoms with Crippen molar-refractivity contribution in [3.63, 3.8) is 0 Å². The van der Waals surface area contributed by atoms with Gasteiger partial charge in [0.05, 0.1) is 0 Å². The zero-order valence-electron chi connectivity index (χ0n) is 11.3. The number of hydrogen-bond donors (Lipinski definition) is 1. The second kappa shape index (κ2) is 6.62. The van der Waals surface area contributed by atoms with Crippen molar-refractivity contribution in [1.29, 1.82) is 0 Å². The standard InChI is InChI=1S/C14H28S/c1-11(2)8-7-9-12(3)13(10-15)14(4,5)6/h8,12-13,15H,7,9-10H2,1-6H3. The van der Waals surface area contributed by atoms with E-state index in [1.807, 2.05) is 0 Å². The van der Waals surface area contributed by atoms with Crippen LogP contribution in [0, 0.1) is 17.3 Å². The smallest absolute Gasteiger partial charge is 0.00620 e. The summed E-state index contributed by atoms with van der Waals surface area (Å²) < 4.78 is 0. The van der Waals surface area contributed by atoms with Crippen molar-refractivity contribution >= 4 is 12.6 Å². The molecule has 0 heterocycles. The summed E-state index contributed by atoms with van der Waals surface area (Å²) in [7, 11) is 0. The summed E-state index contributed by atoms with van der Waals surface area (Å²) in [5, 5.41) is 0. The first-order chi connectivity index (χ1) is 6.79. The van der Waals surface area contributed by atoms with Gasteiger partial charge in [-0.1, -0.05) is 39.3 Å². The Morgan fingerprint density at radius 1 is 1.27 bits per heavy atom. The van der Waals surface area contributed by atoms with E-state index in [-0.39, 0.29) is 0 Å². The van der Waals surface area contributed by atoms with Gasteiger partial charge in [0.25, 0.3) is 0 Å². The van der Waals surface area contributed by atoms with Gasteiger partial charge in [-0.15, -0.1) is 0 Å². The molecule has 0 radical (unpaired) electrons. The molecule has 90 valence electrons. The quantitative estimate of drug-likeness (QED) is 0.499. The van der Waals surface area contributed by atoms with Crippen LogP contribution < -0.4 is 0 Å². The molecule has 0 fully saturated rings. The van der Waals surface area contributed by atoms with Crippen molar-refractivity contribution in [1.82, 2.24) is 0 Å². The third kappa shape index (κ3) is 6.29. The lowest BCUT2D eigenvalue weighted by molar-refractivity contribution is 0.186. The summed E-state index contributed by atoms with van der Waals surface area (Å²) >= 11 is 4.50. The molecule has 0 aromatic heterocycles. The zero-order chi connectivity index (χ0) is 12.1. The van der Waals surface area contributed by atoms with Gasteiger partial charge < -0.3 is 0 Å². The molecule has 0 aromatic rings. The van der Waals surface area contributed by atoms with E-state index < -0.39 is 0 Å². The van der Waals surface area contributed by atoms with E-state index in [2.05, 4.69) is 60.2 Å². The van der Waals surface area contributed by atoms with E-state index in [9.17, 15) is 0 Å². The van der Waals surface area contributed by atoms with Gasteiger partial charge in [-0.05, 0) is 49.7 Å².